The fraction of sp³-hybridized carbons (Fsp3) is 0. The molecule has 0 aliphatic heterocycles. The number of halogens is 2. The van der Waals surface area contributed by atoms with Crippen LogP contribution in [0.5, 0.6) is 0 Å². The van der Waals surface area contributed by atoms with Gasteiger partial charge in [-0.1, -0.05) is 23.7 Å². The van der Waals surface area contributed by atoms with Gasteiger partial charge in [-0.15, -0.1) is 0 Å². The predicted octanol–water partition coefficient (Wildman–Crippen LogP) is 6.24. The molecule has 0 spiro atoms. The van der Waals surface area contributed by atoms with Crippen LogP contribution in [0.15, 0.2) is 72.8 Å². The highest BCUT2D eigenvalue weighted by Gasteiger charge is 2.13. The fourth-order valence-corrected chi connectivity index (χ4v) is 3.41. The highest BCUT2D eigenvalue weighted by molar-refractivity contribution is 6.31. The van der Waals surface area contributed by atoms with Gasteiger partial charge in [0, 0.05) is 21.5 Å². The lowest BCUT2D eigenvalue weighted by molar-refractivity contribution is 0.628. The highest BCUT2D eigenvalue weighted by atomic mass is 35.5. The van der Waals surface area contributed by atoms with Crippen LogP contribution in [0.4, 0.5) is 4.39 Å². The SMILES string of the molecule is Fc1ccc(-c2cc(-c3nc4ccccc4[nH]3)c3cc(Cl)ccc3n2)cc1. The molecule has 130 valence electrons. The second-order valence-electron chi connectivity index (χ2n) is 6.33. The van der Waals surface area contributed by atoms with E-state index < -0.39 is 0 Å². The molecule has 3 nitrogen and oxygen atoms in total. The van der Waals surface area contributed by atoms with Crippen LogP contribution in [0, 0.1) is 5.82 Å². The van der Waals surface area contributed by atoms with Crippen LogP contribution in [0.2, 0.25) is 5.02 Å². The first kappa shape index (κ1) is 16.0. The lowest BCUT2D eigenvalue weighted by atomic mass is 10.0. The van der Waals surface area contributed by atoms with Crippen LogP contribution in [0.25, 0.3) is 44.6 Å². The van der Waals surface area contributed by atoms with Gasteiger partial charge in [0.05, 0.1) is 22.2 Å². The Morgan fingerprint density at radius 1 is 0.815 bits per heavy atom. The Balaban J connectivity index is 1.80. The van der Waals surface area contributed by atoms with Gasteiger partial charge in [0.15, 0.2) is 0 Å². The van der Waals surface area contributed by atoms with Crippen molar-refractivity contribution < 1.29 is 4.39 Å². The third-order valence-electron chi connectivity index (χ3n) is 4.56. The lowest BCUT2D eigenvalue weighted by Crippen LogP contribution is -1.91. The van der Waals surface area contributed by atoms with E-state index in [0.717, 1.165) is 44.6 Å². The quantitative estimate of drug-likeness (QED) is 0.398. The zero-order chi connectivity index (χ0) is 18.4. The Kier molecular flexibility index (Phi) is 3.66. The molecule has 1 N–H and O–H groups in total. The molecule has 0 aliphatic rings. The number of aromatic nitrogens is 3. The van der Waals surface area contributed by atoms with Crippen molar-refractivity contribution in [1.82, 2.24) is 15.0 Å². The predicted molar refractivity (Wildman–Crippen MR) is 107 cm³/mol. The lowest BCUT2D eigenvalue weighted by Gasteiger charge is -2.09. The van der Waals surface area contributed by atoms with E-state index in [-0.39, 0.29) is 5.82 Å². The maximum Gasteiger partial charge on any atom is 0.139 e. The molecule has 0 saturated heterocycles. The molecule has 5 aromatic rings. The Hall–Kier alpha value is -3.24. The molecule has 5 heteroatoms. The average molecular weight is 374 g/mol. The average Bonchev–Trinajstić information content (AvgIpc) is 3.12. The van der Waals surface area contributed by atoms with E-state index in [1.165, 1.54) is 12.1 Å². The van der Waals surface area contributed by atoms with Crippen molar-refractivity contribution in [2.45, 2.75) is 0 Å². The number of para-hydroxylation sites is 2. The molecular weight excluding hydrogens is 361 g/mol. The van der Waals surface area contributed by atoms with Gasteiger partial charge < -0.3 is 4.98 Å². The monoisotopic (exact) mass is 373 g/mol. The molecule has 2 heterocycles. The molecule has 0 unspecified atom stereocenters. The van der Waals surface area contributed by atoms with Crippen molar-refractivity contribution in [3.05, 3.63) is 83.6 Å². The molecule has 0 fully saturated rings. The Morgan fingerprint density at radius 2 is 1.63 bits per heavy atom. The Morgan fingerprint density at radius 3 is 2.44 bits per heavy atom. The van der Waals surface area contributed by atoms with Gasteiger partial charge in [-0.2, -0.15) is 0 Å². The largest absolute Gasteiger partial charge is 0.338 e. The summed E-state index contributed by atoms with van der Waals surface area (Å²) < 4.78 is 13.3. The molecule has 0 amide bonds. The van der Waals surface area contributed by atoms with Crippen molar-refractivity contribution in [3.63, 3.8) is 0 Å². The minimum absolute atomic E-state index is 0.274. The number of benzene rings is 3. The number of H-pyrrole nitrogens is 1. The molecule has 5 rings (SSSR count). The maximum absolute atomic E-state index is 13.3. The zero-order valence-corrected chi connectivity index (χ0v) is 14.8. The van der Waals surface area contributed by atoms with Gasteiger partial charge in [-0.05, 0) is 60.7 Å². The van der Waals surface area contributed by atoms with E-state index in [0.29, 0.717) is 5.02 Å². The second-order valence-corrected chi connectivity index (χ2v) is 6.76. The molecule has 0 saturated carbocycles. The molecule has 0 radical (unpaired) electrons. The van der Waals surface area contributed by atoms with Gasteiger partial charge in [-0.25, -0.2) is 14.4 Å². The van der Waals surface area contributed by atoms with Crippen LogP contribution in [-0.4, -0.2) is 15.0 Å². The first-order valence-corrected chi connectivity index (χ1v) is 8.86. The van der Waals surface area contributed by atoms with Crippen molar-refractivity contribution in [2.75, 3.05) is 0 Å². The van der Waals surface area contributed by atoms with E-state index in [1.54, 1.807) is 12.1 Å². The van der Waals surface area contributed by atoms with Crippen LogP contribution in [0.1, 0.15) is 0 Å². The molecule has 3 aromatic carbocycles. The van der Waals surface area contributed by atoms with Gasteiger partial charge >= 0.3 is 0 Å². The molecule has 0 atom stereocenters. The van der Waals surface area contributed by atoms with E-state index in [2.05, 4.69) is 4.98 Å². The maximum atomic E-state index is 13.3. The summed E-state index contributed by atoms with van der Waals surface area (Å²) in [5, 5.41) is 1.55. The van der Waals surface area contributed by atoms with Gasteiger partial charge in [0.25, 0.3) is 0 Å². The number of aromatic amines is 1. The summed E-state index contributed by atoms with van der Waals surface area (Å²) in [5.41, 5.74) is 5.14. The Labute approximate surface area is 159 Å². The number of rotatable bonds is 2. The topological polar surface area (TPSA) is 41.6 Å². The molecule has 27 heavy (non-hydrogen) atoms. The number of pyridine rings is 1. The number of imidazole rings is 1. The summed E-state index contributed by atoms with van der Waals surface area (Å²) in [7, 11) is 0. The number of nitrogens with one attached hydrogen (secondary N) is 1. The van der Waals surface area contributed by atoms with E-state index in [9.17, 15) is 4.39 Å². The van der Waals surface area contributed by atoms with E-state index in [1.807, 2.05) is 48.5 Å². The zero-order valence-electron chi connectivity index (χ0n) is 14.1. The normalized spacial score (nSPS) is 11.3. The molecular formula is C22H13ClFN3. The van der Waals surface area contributed by atoms with Crippen molar-refractivity contribution in [3.8, 4) is 22.6 Å². The molecule has 2 aromatic heterocycles. The van der Waals surface area contributed by atoms with Crippen LogP contribution < -0.4 is 0 Å². The fourth-order valence-electron chi connectivity index (χ4n) is 3.24. The molecule has 0 aliphatic carbocycles. The Bertz CT molecular complexity index is 1260. The summed E-state index contributed by atoms with van der Waals surface area (Å²) >= 11 is 6.23. The third-order valence-corrected chi connectivity index (χ3v) is 4.79. The first-order valence-electron chi connectivity index (χ1n) is 8.49. The van der Waals surface area contributed by atoms with Crippen molar-refractivity contribution >= 4 is 33.5 Å². The number of hydrogen-bond acceptors (Lipinski definition) is 2. The van der Waals surface area contributed by atoms with E-state index >= 15 is 0 Å². The summed E-state index contributed by atoms with van der Waals surface area (Å²) in [6, 6.07) is 21.7. The van der Waals surface area contributed by atoms with Gasteiger partial charge in [0.1, 0.15) is 11.6 Å². The summed E-state index contributed by atoms with van der Waals surface area (Å²) in [5.74, 6) is 0.470. The third kappa shape index (κ3) is 2.84. The minimum Gasteiger partial charge on any atom is -0.338 e. The summed E-state index contributed by atoms with van der Waals surface area (Å²) in [6.45, 7) is 0. The standard InChI is InChI=1S/C22H13ClFN3/c23-14-7-10-18-16(11-14)17(22-26-19-3-1-2-4-20(19)27-22)12-21(25-18)13-5-8-15(24)9-6-13/h1-12H,(H,26,27). The second kappa shape index (κ2) is 6.18. The summed E-state index contributed by atoms with van der Waals surface area (Å²) in [4.78, 5) is 12.8. The van der Waals surface area contributed by atoms with Crippen LogP contribution in [0.3, 0.4) is 0 Å². The summed E-state index contributed by atoms with van der Waals surface area (Å²) in [6.07, 6.45) is 0. The molecule has 0 bridgehead atoms. The smallest absolute Gasteiger partial charge is 0.139 e. The number of fused-ring (bicyclic) bond motifs is 2. The highest BCUT2D eigenvalue weighted by Crippen LogP contribution is 2.33. The van der Waals surface area contributed by atoms with Crippen molar-refractivity contribution in [2.24, 2.45) is 0 Å². The first-order chi connectivity index (χ1) is 13.2. The van der Waals surface area contributed by atoms with Crippen LogP contribution in [-0.2, 0) is 0 Å². The van der Waals surface area contributed by atoms with E-state index in [4.69, 9.17) is 21.6 Å². The van der Waals surface area contributed by atoms with Gasteiger partial charge in [-0.3, -0.25) is 0 Å². The number of nitrogens with zero attached hydrogens (tertiary/aromatic N) is 2. The van der Waals surface area contributed by atoms with Crippen LogP contribution >= 0.6 is 11.6 Å². The van der Waals surface area contributed by atoms with Gasteiger partial charge in [0.2, 0.25) is 0 Å². The number of hydrogen-bond donors (Lipinski definition) is 1. The minimum atomic E-state index is -0.274. The van der Waals surface area contributed by atoms with Crippen molar-refractivity contribution in [1.29, 1.82) is 0 Å².